The number of likely N-dealkylation sites (N-methyl/N-ethyl adjacent to an activating group) is 2. The lowest BCUT2D eigenvalue weighted by Gasteiger charge is -2.49. The molecule has 76 heavy (non-hydrogen) atoms. The third kappa shape index (κ3) is 14.0. The molecular weight excluding hydrogens is 1010 g/mol. The molecule has 2 aromatic heterocycles. The summed E-state index contributed by atoms with van der Waals surface area (Å²) in [7, 11) is 6.71. The molecule has 3 aromatic rings. The summed E-state index contributed by atoms with van der Waals surface area (Å²) in [5.74, 6) is -2.90. The van der Waals surface area contributed by atoms with Crippen LogP contribution in [0.15, 0.2) is 36.7 Å². The Bertz CT molecular complexity index is 2290. The SMILES string of the molecule is CC[C@H]1OC(=O)[C@H](C)[C@@H](O[C@H]2C[C@@](C)(OC)[C@@H](O)[C@H](C)O2)[C@H](C)[C@@H](O[C@@H]2O[C@H](C)C[C@H](N(C)CCc3cn([C@H](CF)[C@H](OC)c4ccc(-c5cnc(O)s5)cc4)nn3)[C@H]2O)[C@](C)(O)C[C@@H](C)CN(C)[C@H](C)[C@@H](O)[C@]1(C)O. The van der Waals surface area contributed by atoms with Crippen LogP contribution in [-0.4, -0.2) is 205 Å². The van der Waals surface area contributed by atoms with Gasteiger partial charge in [-0.25, -0.2) is 14.1 Å². The number of carbonyl (C=O) groups excluding carboxylic acids is 1. The van der Waals surface area contributed by atoms with Crippen LogP contribution in [0.3, 0.4) is 0 Å². The molecule has 430 valence electrons. The number of thiazole rings is 1. The van der Waals surface area contributed by atoms with Crippen LogP contribution in [0, 0.1) is 17.8 Å². The van der Waals surface area contributed by atoms with E-state index in [0.717, 1.165) is 27.3 Å². The maximum Gasteiger partial charge on any atom is 0.311 e. The zero-order valence-electron chi connectivity index (χ0n) is 46.9. The number of hydrogen-bond donors (Lipinski definition) is 6. The fourth-order valence-electron chi connectivity index (χ4n) is 11.7. The van der Waals surface area contributed by atoms with E-state index in [4.69, 9.17) is 33.2 Å². The van der Waals surface area contributed by atoms with Crippen LogP contribution in [-0.2, 0) is 44.4 Å². The fraction of sp³-hybridized carbons (Fsp3) is 0.778. The van der Waals surface area contributed by atoms with Gasteiger partial charge in [0.25, 0.3) is 5.19 Å². The molecule has 0 radical (unpaired) electrons. The van der Waals surface area contributed by atoms with Crippen molar-refractivity contribution in [3.8, 4) is 15.6 Å². The number of carbonyl (C=O) groups is 1. The van der Waals surface area contributed by atoms with E-state index in [2.05, 4.69) is 15.3 Å². The summed E-state index contributed by atoms with van der Waals surface area (Å²) < 4.78 is 60.5. The quantitative estimate of drug-likeness (QED) is 0.105. The zero-order chi connectivity index (χ0) is 56.2. The number of alkyl halides is 1. The molecule has 20 nitrogen and oxygen atoms in total. The molecule has 1 aromatic carbocycles. The van der Waals surface area contributed by atoms with Gasteiger partial charge in [-0.15, -0.1) is 5.10 Å². The summed E-state index contributed by atoms with van der Waals surface area (Å²) in [4.78, 5) is 23.1. The summed E-state index contributed by atoms with van der Waals surface area (Å²) in [5, 5.41) is 78.3. The number of aromatic nitrogens is 4. The Morgan fingerprint density at radius 2 is 1.67 bits per heavy atom. The molecule has 3 saturated heterocycles. The summed E-state index contributed by atoms with van der Waals surface area (Å²) in [6.45, 7) is 17.4. The summed E-state index contributed by atoms with van der Waals surface area (Å²) in [6.07, 6.45) is -6.57. The Hall–Kier alpha value is -3.33. The number of esters is 1. The predicted octanol–water partition coefficient (Wildman–Crippen LogP) is 4.83. The number of aromatic hydroxyl groups is 1. The standard InChI is InChI=1S/C54H87FN6O14S/c1-15-41-54(10,68)46(63)33(6)60(12)27-29(2)23-52(8,67)48(31(4)44(32(5)49(65)73-41)74-42-24-53(9,70-14)47(64)34(7)72-42)75-50-43(62)38(22-30(3)71-50)59(11)21-20-37-28-61(58-57-37)39(25-55)45(69-13)36-18-16-35(17-19-36)40-26-56-51(66)76-40/h16-19,26,28-34,38-39,41-48,50,62-64,67-68H,15,20-25,27H2,1-14H3,(H,56,66)/t29-,30-,31+,32-,33-,34+,38+,39-,41-,42+,43-,44+,45-,46-,47+,48-,50+,52-,53-,54-/m1/s1. The average Bonchev–Trinajstić information content (AvgIpc) is 4.04. The molecule has 0 unspecified atom stereocenters. The monoisotopic (exact) mass is 1090 g/mol. The number of rotatable bonds is 16. The first-order chi connectivity index (χ1) is 35.7. The minimum absolute atomic E-state index is 0.0302. The van der Waals surface area contributed by atoms with Gasteiger partial charge in [-0.1, -0.05) is 61.6 Å². The van der Waals surface area contributed by atoms with Crippen molar-refractivity contribution in [2.24, 2.45) is 17.8 Å². The molecule has 0 spiro atoms. The van der Waals surface area contributed by atoms with Crippen molar-refractivity contribution in [2.45, 2.75) is 204 Å². The second-order valence-electron chi connectivity index (χ2n) is 22.6. The lowest BCUT2D eigenvalue weighted by molar-refractivity contribution is -0.318. The van der Waals surface area contributed by atoms with E-state index in [1.807, 2.05) is 62.0 Å². The van der Waals surface area contributed by atoms with Gasteiger partial charge in [-0.2, -0.15) is 0 Å². The lowest BCUT2D eigenvalue weighted by Crippen LogP contribution is -2.61. The van der Waals surface area contributed by atoms with Crippen molar-refractivity contribution >= 4 is 17.3 Å². The van der Waals surface area contributed by atoms with E-state index in [1.54, 1.807) is 60.9 Å². The maximum atomic E-state index is 14.9. The molecule has 6 N–H and O–H groups in total. The predicted molar refractivity (Wildman–Crippen MR) is 281 cm³/mol. The minimum Gasteiger partial charge on any atom is -0.486 e. The highest BCUT2D eigenvalue weighted by atomic mass is 32.1. The van der Waals surface area contributed by atoms with E-state index in [9.17, 15) is 39.8 Å². The summed E-state index contributed by atoms with van der Waals surface area (Å²) >= 11 is 1.16. The first-order valence-electron chi connectivity index (χ1n) is 26.7. The Labute approximate surface area is 451 Å². The van der Waals surface area contributed by atoms with Gasteiger partial charge in [-0.05, 0) is 98.9 Å². The second kappa shape index (κ2) is 25.9. The number of halogens is 1. The average molecular weight is 1100 g/mol. The van der Waals surface area contributed by atoms with Crippen LogP contribution in [0.1, 0.15) is 118 Å². The molecule has 6 rings (SSSR count). The van der Waals surface area contributed by atoms with Crippen molar-refractivity contribution in [2.75, 3.05) is 48.1 Å². The molecule has 3 fully saturated rings. The molecule has 0 bridgehead atoms. The number of benzene rings is 1. The Morgan fingerprint density at radius 3 is 2.28 bits per heavy atom. The first-order valence-corrected chi connectivity index (χ1v) is 27.5. The Kier molecular flexibility index (Phi) is 21.0. The van der Waals surface area contributed by atoms with E-state index in [-0.39, 0.29) is 30.4 Å². The number of hydrogen-bond acceptors (Lipinski definition) is 20. The van der Waals surface area contributed by atoms with Gasteiger partial charge in [0.05, 0.1) is 52.1 Å². The van der Waals surface area contributed by atoms with Crippen LogP contribution in [0.5, 0.6) is 5.19 Å². The number of aliphatic hydroxyl groups excluding tert-OH is 3. The van der Waals surface area contributed by atoms with Gasteiger partial charge in [0, 0.05) is 70.5 Å². The second-order valence-corrected chi connectivity index (χ2v) is 23.6. The number of nitrogens with zero attached hydrogens (tertiary/aromatic N) is 6. The van der Waals surface area contributed by atoms with Crippen molar-refractivity contribution in [1.82, 2.24) is 29.8 Å². The van der Waals surface area contributed by atoms with E-state index in [1.165, 1.54) is 25.8 Å². The van der Waals surface area contributed by atoms with Gasteiger partial charge >= 0.3 is 5.97 Å². The van der Waals surface area contributed by atoms with Crippen LogP contribution in [0.2, 0.25) is 0 Å². The van der Waals surface area contributed by atoms with E-state index in [0.29, 0.717) is 31.6 Å². The normalized spacial score (nSPS) is 38.5. The number of cyclic esters (lactones) is 1. The Balaban J connectivity index is 1.25. The molecule has 0 amide bonds. The molecular formula is C54H87FN6O14S. The lowest BCUT2D eigenvalue weighted by atomic mass is 9.77. The molecule has 0 saturated carbocycles. The number of ether oxygens (including phenoxy) is 7. The van der Waals surface area contributed by atoms with Gasteiger partial charge in [0.15, 0.2) is 12.6 Å². The van der Waals surface area contributed by atoms with Gasteiger partial charge < -0.3 is 73.6 Å². The highest BCUT2D eigenvalue weighted by molar-refractivity contribution is 7.16. The van der Waals surface area contributed by atoms with Crippen LogP contribution >= 0.6 is 11.3 Å². The zero-order valence-corrected chi connectivity index (χ0v) is 47.7. The topological polar surface area (TPSA) is 253 Å². The number of methoxy groups -OCH3 is 2. The highest BCUT2D eigenvalue weighted by Crippen LogP contribution is 2.41. The van der Waals surface area contributed by atoms with E-state index >= 15 is 0 Å². The summed E-state index contributed by atoms with van der Waals surface area (Å²) in [5.41, 5.74) is -2.44. The van der Waals surface area contributed by atoms with Gasteiger partial charge in [-0.3, -0.25) is 4.79 Å². The molecule has 20 atom stereocenters. The highest BCUT2D eigenvalue weighted by Gasteiger charge is 2.53. The van der Waals surface area contributed by atoms with Crippen molar-refractivity contribution in [3.63, 3.8) is 0 Å². The van der Waals surface area contributed by atoms with Crippen LogP contribution in [0.25, 0.3) is 10.4 Å². The van der Waals surface area contributed by atoms with Crippen molar-refractivity contribution in [3.05, 3.63) is 47.9 Å². The fourth-order valence-corrected chi connectivity index (χ4v) is 12.4. The van der Waals surface area contributed by atoms with Crippen LogP contribution < -0.4 is 0 Å². The third-order valence-corrected chi connectivity index (χ3v) is 17.4. The summed E-state index contributed by atoms with van der Waals surface area (Å²) in [6, 6.07) is 5.50. The van der Waals surface area contributed by atoms with Gasteiger partial charge in [0.2, 0.25) is 0 Å². The number of aliphatic hydroxyl groups is 5. The molecule has 3 aliphatic rings. The van der Waals surface area contributed by atoms with Gasteiger partial charge in [0.1, 0.15) is 48.8 Å². The molecule has 22 heteroatoms. The minimum atomic E-state index is -1.86. The van der Waals surface area contributed by atoms with Crippen LogP contribution in [0.4, 0.5) is 4.39 Å². The first kappa shape index (κ1) is 61.9. The molecule has 5 heterocycles. The molecule has 3 aliphatic heterocycles. The van der Waals surface area contributed by atoms with E-state index < -0.39 is 127 Å². The van der Waals surface area contributed by atoms with Crippen molar-refractivity contribution < 1.29 is 73.0 Å². The largest absolute Gasteiger partial charge is 0.486 e. The van der Waals surface area contributed by atoms with Crippen molar-refractivity contribution in [1.29, 1.82) is 0 Å². The molecule has 0 aliphatic carbocycles. The smallest absolute Gasteiger partial charge is 0.311 e. The maximum absolute atomic E-state index is 14.9. The third-order valence-electron chi connectivity index (χ3n) is 16.5. The Morgan fingerprint density at radius 1 is 0.987 bits per heavy atom.